The van der Waals surface area contributed by atoms with Gasteiger partial charge in [-0.25, -0.2) is 9.66 Å². The van der Waals surface area contributed by atoms with E-state index in [2.05, 4.69) is 9.72 Å². The third kappa shape index (κ3) is 2.26. The molecule has 20 heavy (non-hydrogen) atoms. The largest absolute Gasteiger partial charge is 0.435 e. The lowest BCUT2D eigenvalue weighted by Gasteiger charge is -2.05. The number of alkyl halides is 2. The Morgan fingerprint density at radius 1 is 1.25 bits per heavy atom. The van der Waals surface area contributed by atoms with Crippen LogP contribution < -0.4 is 16.3 Å². The van der Waals surface area contributed by atoms with Crippen LogP contribution in [0.1, 0.15) is 24.6 Å². The molecule has 1 aliphatic carbocycles. The van der Waals surface area contributed by atoms with Crippen LogP contribution in [0, 0.1) is 0 Å². The van der Waals surface area contributed by atoms with Crippen molar-refractivity contribution >= 4 is 5.82 Å². The van der Waals surface area contributed by atoms with E-state index in [4.69, 9.17) is 11.6 Å². The zero-order valence-electron chi connectivity index (χ0n) is 10.6. The summed E-state index contributed by atoms with van der Waals surface area (Å²) in [5.41, 5.74) is 7.23. The fourth-order valence-electron chi connectivity index (χ4n) is 2.10. The first-order valence-electron chi connectivity index (χ1n) is 6.24. The number of rotatable bonds is 4. The van der Waals surface area contributed by atoms with Crippen LogP contribution in [-0.2, 0) is 0 Å². The van der Waals surface area contributed by atoms with Crippen molar-refractivity contribution in [3.63, 3.8) is 0 Å². The number of hydrogen-bond donors (Lipinski definition) is 2. The van der Waals surface area contributed by atoms with Crippen LogP contribution in [0.3, 0.4) is 0 Å². The van der Waals surface area contributed by atoms with Gasteiger partial charge in [-0.2, -0.15) is 8.78 Å². The summed E-state index contributed by atoms with van der Waals surface area (Å²) in [5.74, 6) is 7.49. The fourth-order valence-corrected chi connectivity index (χ4v) is 2.10. The van der Waals surface area contributed by atoms with Gasteiger partial charge in [0.1, 0.15) is 17.3 Å². The molecule has 1 aromatic carbocycles. The fraction of sp³-hybridized carbons (Fsp3) is 0.308. The number of benzene rings is 1. The van der Waals surface area contributed by atoms with E-state index >= 15 is 0 Å². The molecule has 1 aromatic heterocycles. The van der Waals surface area contributed by atoms with Crippen molar-refractivity contribution in [3.05, 3.63) is 30.1 Å². The van der Waals surface area contributed by atoms with Crippen LogP contribution in [0.15, 0.2) is 24.3 Å². The van der Waals surface area contributed by atoms with Crippen LogP contribution in [-0.4, -0.2) is 16.3 Å². The Labute approximate surface area is 114 Å². The minimum atomic E-state index is -2.84. The first kappa shape index (κ1) is 12.7. The molecular formula is C13H14F2N4O. The average Bonchev–Trinajstić information content (AvgIpc) is 3.20. The first-order valence-corrected chi connectivity index (χ1v) is 6.24. The number of nitrogens with two attached hydrogens (primary N) is 2. The van der Waals surface area contributed by atoms with Crippen LogP contribution in [0.25, 0.3) is 11.3 Å². The standard InChI is InChI=1S/C13H14F2N4O/c14-13(15)20-9-5-3-7(4-6-9)10-11(16)19(17)12(18-10)8-1-2-8/h3-6,8,13H,1-2,16-17H2. The van der Waals surface area contributed by atoms with E-state index in [1.165, 1.54) is 16.8 Å². The second-order valence-corrected chi connectivity index (χ2v) is 4.75. The highest BCUT2D eigenvalue weighted by molar-refractivity contribution is 5.71. The quantitative estimate of drug-likeness (QED) is 0.842. The molecule has 1 aliphatic rings. The molecule has 3 rings (SSSR count). The number of ether oxygens (including phenoxy) is 1. The van der Waals surface area contributed by atoms with Gasteiger partial charge >= 0.3 is 6.61 Å². The van der Waals surface area contributed by atoms with Crippen molar-refractivity contribution in [1.29, 1.82) is 0 Å². The molecule has 1 fully saturated rings. The molecule has 1 saturated carbocycles. The Morgan fingerprint density at radius 3 is 2.45 bits per heavy atom. The lowest BCUT2D eigenvalue weighted by atomic mass is 10.1. The van der Waals surface area contributed by atoms with Crippen molar-refractivity contribution < 1.29 is 13.5 Å². The van der Waals surface area contributed by atoms with Gasteiger partial charge in [0.05, 0.1) is 0 Å². The highest BCUT2D eigenvalue weighted by atomic mass is 19.3. The molecule has 0 saturated heterocycles. The van der Waals surface area contributed by atoms with Crippen molar-refractivity contribution in [1.82, 2.24) is 9.66 Å². The molecule has 0 amide bonds. The zero-order chi connectivity index (χ0) is 14.3. The summed E-state index contributed by atoms with van der Waals surface area (Å²) < 4.78 is 29.9. The molecular weight excluding hydrogens is 266 g/mol. The van der Waals surface area contributed by atoms with E-state index in [0.717, 1.165) is 24.2 Å². The number of anilines is 1. The van der Waals surface area contributed by atoms with E-state index in [1.54, 1.807) is 12.1 Å². The van der Waals surface area contributed by atoms with Gasteiger partial charge in [-0.05, 0) is 37.1 Å². The summed E-state index contributed by atoms with van der Waals surface area (Å²) in [6.07, 6.45) is 2.13. The summed E-state index contributed by atoms with van der Waals surface area (Å²) in [6, 6.07) is 6.17. The number of aromatic nitrogens is 2. The molecule has 4 N–H and O–H groups in total. The van der Waals surface area contributed by atoms with E-state index < -0.39 is 6.61 Å². The topological polar surface area (TPSA) is 79.1 Å². The van der Waals surface area contributed by atoms with Crippen molar-refractivity contribution in [2.45, 2.75) is 25.4 Å². The van der Waals surface area contributed by atoms with Gasteiger partial charge < -0.3 is 16.3 Å². The van der Waals surface area contributed by atoms with Crippen molar-refractivity contribution in [3.8, 4) is 17.0 Å². The minimum Gasteiger partial charge on any atom is -0.435 e. The molecule has 0 radical (unpaired) electrons. The molecule has 7 heteroatoms. The zero-order valence-corrected chi connectivity index (χ0v) is 10.6. The van der Waals surface area contributed by atoms with Crippen LogP contribution in [0.2, 0.25) is 0 Å². The smallest absolute Gasteiger partial charge is 0.387 e. The molecule has 0 bridgehead atoms. The van der Waals surface area contributed by atoms with E-state index in [9.17, 15) is 8.78 Å². The van der Waals surface area contributed by atoms with Crippen LogP contribution in [0.5, 0.6) is 5.75 Å². The van der Waals surface area contributed by atoms with Gasteiger partial charge in [0.2, 0.25) is 0 Å². The lowest BCUT2D eigenvalue weighted by molar-refractivity contribution is -0.0498. The first-order chi connectivity index (χ1) is 9.56. The van der Waals surface area contributed by atoms with Gasteiger partial charge in [0, 0.05) is 11.5 Å². The lowest BCUT2D eigenvalue weighted by Crippen LogP contribution is -2.14. The molecule has 0 spiro atoms. The Bertz CT molecular complexity index is 620. The number of imidazole rings is 1. The molecule has 0 unspecified atom stereocenters. The third-order valence-corrected chi connectivity index (χ3v) is 3.27. The summed E-state index contributed by atoms with van der Waals surface area (Å²) in [5, 5.41) is 0. The Kier molecular flexibility index (Phi) is 2.96. The number of nitrogens with zero attached hydrogens (tertiary/aromatic N) is 2. The van der Waals surface area contributed by atoms with E-state index in [1.807, 2.05) is 0 Å². The van der Waals surface area contributed by atoms with Gasteiger partial charge in [-0.15, -0.1) is 0 Å². The highest BCUT2D eigenvalue weighted by Gasteiger charge is 2.30. The second kappa shape index (κ2) is 4.66. The van der Waals surface area contributed by atoms with Gasteiger partial charge in [0.15, 0.2) is 5.82 Å². The summed E-state index contributed by atoms with van der Waals surface area (Å²) in [7, 11) is 0. The van der Waals surface area contributed by atoms with Gasteiger partial charge in [-0.3, -0.25) is 0 Å². The SMILES string of the molecule is Nc1c(-c2ccc(OC(F)F)cc2)nc(C2CC2)n1N. The monoisotopic (exact) mass is 280 g/mol. The molecule has 1 heterocycles. The Morgan fingerprint density at radius 2 is 1.90 bits per heavy atom. The summed E-state index contributed by atoms with van der Waals surface area (Å²) >= 11 is 0. The number of hydrogen-bond acceptors (Lipinski definition) is 4. The minimum absolute atomic E-state index is 0.0944. The average molecular weight is 280 g/mol. The number of nitrogen functional groups attached to an aromatic ring is 2. The van der Waals surface area contributed by atoms with E-state index in [-0.39, 0.29) is 5.75 Å². The van der Waals surface area contributed by atoms with Crippen LogP contribution in [0.4, 0.5) is 14.6 Å². The van der Waals surface area contributed by atoms with Gasteiger partial charge in [0.25, 0.3) is 0 Å². The molecule has 106 valence electrons. The molecule has 5 nitrogen and oxygen atoms in total. The predicted molar refractivity (Wildman–Crippen MR) is 70.8 cm³/mol. The summed E-state index contributed by atoms with van der Waals surface area (Å²) in [4.78, 5) is 4.46. The van der Waals surface area contributed by atoms with Crippen molar-refractivity contribution in [2.75, 3.05) is 11.6 Å². The maximum Gasteiger partial charge on any atom is 0.387 e. The van der Waals surface area contributed by atoms with Gasteiger partial charge in [-0.1, -0.05) is 0 Å². The maximum atomic E-state index is 12.1. The normalized spacial score (nSPS) is 14.8. The number of halogens is 2. The molecule has 2 aromatic rings. The third-order valence-electron chi connectivity index (χ3n) is 3.27. The predicted octanol–water partition coefficient (Wildman–Crippen LogP) is 2.32. The van der Waals surface area contributed by atoms with Crippen LogP contribution >= 0.6 is 0 Å². The van der Waals surface area contributed by atoms with E-state index in [0.29, 0.717) is 17.4 Å². The second-order valence-electron chi connectivity index (χ2n) is 4.75. The Hall–Kier alpha value is -2.31. The molecule has 0 aliphatic heterocycles. The molecule has 0 atom stereocenters. The summed E-state index contributed by atoms with van der Waals surface area (Å²) in [6.45, 7) is -2.84. The highest BCUT2D eigenvalue weighted by Crippen LogP contribution is 2.41. The maximum absolute atomic E-state index is 12.1. The van der Waals surface area contributed by atoms with Crippen molar-refractivity contribution in [2.24, 2.45) is 0 Å². The Balaban J connectivity index is 1.90.